The van der Waals surface area contributed by atoms with Gasteiger partial charge in [0.1, 0.15) is 12.7 Å². The molecule has 0 saturated carbocycles. The molecule has 1 rings (SSSR count). The van der Waals surface area contributed by atoms with Crippen molar-refractivity contribution in [2.24, 2.45) is 5.14 Å². The van der Waals surface area contributed by atoms with Crippen molar-refractivity contribution in [2.45, 2.75) is 17.9 Å². The zero-order valence-corrected chi connectivity index (χ0v) is 11.2. The Morgan fingerprint density at radius 2 is 1.95 bits per heavy atom. The van der Waals surface area contributed by atoms with Gasteiger partial charge in [-0.25, -0.2) is 18.4 Å². The molecule has 1 aromatic rings. The van der Waals surface area contributed by atoms with E-state index in [9.17, 15) is 23.3 Å². The van der Waals surface area contributed by atoms with E-state index >= 15 is 0 Å². The third kappa shape index (κ3) is 4.82. The van der Waals surface area contributed by atoms with Crippen LogP contribution in [-0.2, 0) is 19.6 Å². The first-order valence-electron chi connectivity index (χ1n) is 5.31. The van der Waals surface area contributed by atoms with Gasteiger partial charge in [-0.2, -0.15) is 0 Å². The summed E-state index contributed by atoms with van der Waals surface area (Å²) in [7, 11) is -3.83. The van der Waals surface area contributed by atoms with Crippen molar-refractivity contribution >= 4 is 16.0 Å². The minimum atomic E-state index is -3.83. The summed E-state index contributed by atoms with van der Waals surface area (Å²) >= 11 is 0. The first-order chi connectivity index (χ1) is 9.20. The monoisotopic (exact) mass is 304 g/mol. The molecular weight excluding hydrogens is 292 g/mol. The van der Waals surface area contributed by atoms with E-state index in [0.717, 1.165) is 12.1 Å². The standard InChI is InChI=1S/C10H12N2O7S/c1-7(6-18-12(14)15)19-10(13)8-2-4-9(5-3-8)20(11,16)17/h2-5,7H,6H2,1H3,(H2,11,16,17). The number of hydrogen-bond donors (Lipinski definition) is 1. The summed E-state index contributed by atoms with van der Waals surface area (Å²) in [5.41, 5.74) is 0.0883. The van der Waals surface area contributed by atoms with Crippen LogP contribution >= 0.6 is 0 Å². The number of benzene rings is 1. The number of rotatable bonds is 6. The van der Waals surface area contributed by atoms with Gasteiger partial charge >= 0.3 is 5.97 Å². The maximum absolute atomic E-state index is 11.6. The molecule has 1 unspecified atom stereocenters. The molecule has 0 fully saturated rings. The fourth-order valence-electron chi connectivity index (χ4n) is 1.23. The van der Waals surface area contributed by atoms with Crippen LogP contribution < -0.4 is 5.14 Å². The number of hydrogen-bond acceptors (Lipinski definition) is 7. The topological polar surface area (TPSA) is 139 Å². The summed E-state index contributed by atoms with van der Waals surface area (Å²) in [6.45, 7) is 1.02. The Bertz CT molecular complexity index is 597. The Kier molecular flexibility index (Phi) is 5.00. The molecule has 1 aromatic carbocycles. The second-order valence-corrected chi connectivity index (χ2v) is 5.37. The molecule has 0 aliphatic carbocycles. The van der Waals surface area contributed by atoms with E-state index in [1.54, 1.807) is 0 Å². The molecular formula is C10H12N2O7S. The smallest absolute Gasteiger partial charge is 0.338 e. The zero-order valence-electron chi connectivity index (χ0n) is 10.4. The van der Waals surface area contributed by atoms with Crippen molar-refractivity contribution in [3.05, 3.63) is 39.9 Å². The Hall–Kier alpha value is -2.20. The Balaban J connectivity index is 2.66. The molecule has 2 N–H and O–H groups in total. The molecule has 0 heterocycles. The maximum Gasteiger partial charge on any atom is 0.338 e. The number of sulfonamides is 1. The van der Waals surface area contributed by atoms with Crippen LogP contribution in [-0.4, -0.2) is 32.2 Å². The van der Waals surface area contributed by atoms with Gasteiger partial charge in [-0.1, -0.05) is 0 Å². The Labute approximate surface area is 114 Å². The Morgan fingerprint density at radius 3 is 2.40 bits per heavy atom. The third-order valence-electron chi connectivity index (χ3n) is 2.14. The van der Waals surface area contributed by atoms with Gasteiger partial charge in [-0.3, -0.25) is 0 Å². The number of carbonyl (C=O) groups excluding carboxylic acids is 1. The van der Waals surface area contributed by atoms with E-state index in [1.807, 2.05) is 0 Å². The average molecular weight is 304 g/mol. The van der Waals surface area contributed by atoms with E-state index in [4.69, 9.17) is 9.88 Å². The number of ether oxygens (including phenoxy) is 1. The molecule has 1 atom stereocenters. The highest BCUT2D eigenvalue weighted by Gasteiger charge is 2.15. The number of nitrogens with zero attached hydrogens (tertiary/aromatic N) is 1. The molecule has 0 radical (unpaired) electrons. The highest BCUT2D eigenvalue weighted by atomic mass is 32.2. The lowest BCUT2D eigenvalue weighted by molar-refractivity contribution is -0.759. The highest BCUT2D eigenvalue weighted by Crippen LogP contribution is 2.10. The van der Waals surface area contributed by atoms with Gasteiger partial charge < -0.3 is 9.57 Å². The lowest BCUT2D eigenvalue weighted by Gasteiger charge is -2.11. The SMILES string of the molecule is CC(CO[N+](=O)[O-])OC(=O)c1ccc(S(N)(=O)=O)cc1. The summed E-state index contributed by atoms with van der Waals surface area (Å²) in [6.07, 6.45) is -0.828. The van der Waals surface area contributed by atoms with Crippen LogP contribution in [0.1, 0.15) is 17.3 Å². The van der Waals surface area contributed by atoms with Gasteiger partial charge in [0.15, 0.2) is 0 Å². The molecule has 0 saturated heterocycles. The van der Waals surface area contributed by atoms with Crippen LogP contribution in [0, 0.1) is 10.1 Å². The maximum atomic E-state index is 11.6. The minimum absolute atomic E-state index is 0.0883. The van der Waals surface area contributed by atoms with Crippen molar-refractivity contribution in [2.75, 3.05) is 6.61 Å². The van der Waals surface area contributed by atoms with Crippen LogP contribution in [0.2, 0.25) is 0 Å². The molecule has 0 amide bonds. The zero-order chi connectivity index (χ0) is 15.3. The van der Waals surface area contributed by atoms with E-state index in [-0.39, 0.29) is 10.5 Å². The van der Waals surface area contributed by atoms with Crippen LogP contribution in [0.3, 0.4) is 0 Å². The number of nitrogens with two attached hydrogens (primary N) is 1. The fourth-order valence-corrected chi connectivity index (χ4v) is 1.75. The number of carbonyl (C=O) groups is 1. The van der Waals surface area contributed by atoms with Gasteiger partial charge in [-0.15, -0.1) is 10.1 Å². The van der Waals surface area contributed by atoms with Crippen LogP contribution in [0.5, 0.6) is 0 Å². The van der Waals surface area contributed by atoms with Gasteiger partial charge in [0.25, 0.3) is 5.09 Å². The first kappa shape index (κ1) is 15.9. The second kappa shape index (κ2) is 6.30. The molecule has 0 aromatic heterocycles. The van der Waals surface area contributed by atoms with Gasteiger partial charge in [0.05, 0.1) is 10.5 Å². The van der Waals surface area contributed by atoms with Crippen molar-refractivity contribution in [1.29, 1.82) is 0 Å². The van der Waals surface area contributed by atoms with Crippen molar-refractivity contribution in [1.82, 2.24) is 0 Å². The van der Waals surface area contributed by atoms with Crippen molar-refractivity contribution in [3.63, 3.8) is 0 Å². The molecule has 0 bridgehead atoms. The minimum Gasteiger partial charge on any atom is -0.457 e. The van der Waals surface area contributed by atoms with Crippen molar-refractivity contribution < 1.29 is 27.9 Å². The third-order valence-corrected chi connectivity index (χ3v) is 3.07. The van der Waals surface area contributed by atoms with E-state index in [1.165, 1.54) is 19.1 Å². The molecule has 9 nitrogen and oxygen atoms in total. The lowest BCUT2D eigenvalue weighted by atomic mass is 10.2. The second-order valence-electron chi connectivity index (χ2n) is 3.80. The quantitative estimate of drug-likeness (QED) is 0.446. The summed E-state index contributed by atoms with van der Waals surface area (Å²) in [4.78, 5) is 25.5. The number of esters is 1. The first-order valence-corrected chi connectivity index (χ1v) is 6.86. The van der Waals surface area contributed by atoms with Gasteiger partial charge in [0.2, 0.25) is 10.0 Å². The molecule has 0 aliphatic rings. The fraction of sp³-hybridized carbons (Fsp3) is 0.300. The van der Waals surface area contributed by atoms with Crippen LogP contribution in [0.15, 0.2) is 29.2 Å². The molecule has 0 spiro atoms. The Morgan fingerprint density at radius 1 is 1.40 bits per heavy atom. The largest absolute Gasteiger partial charge is 0.457 e. The normalized spacial score (nSPS) is 12.5. The predicted molar refractivity (Wildman–Crippen MR) is 65.6 cm³/mol. The summed E-state index contributed by atoms with van der Waals surface area (Å²) < 4.78 is 26.9. The van der Waals surface area contributed by atoms with Crippen LogP contribution in [0.4, 0.5) is 0 Å². The predicted octanol–water partition coefficient (Wildman–Crippen LogP) is 0.0876. The van der Waals surface area contributed by atoms with Crippen LogP contribution in [0.25, 0.3) is 0 Å². The van der Waals surface area contributed by atoms with E-state index < -0.39 is 33.8 Å². The summed E-state index contributed by atoms with van der Waals surface area (Å²) in [5, 5.41) is 13.9. The average Bonchev–Trinajstić information content (AvgIpc) is 2.35. The highest BCUT2D eigenvalue weighted by molar-refractivity contribution is 7.89. The summed E-state index contributed by atoms with van der Waals surface area (Å²) in [6, 6.07) is 4.76. The molecule has 10 heteroatoms. The molecule has 0 aliphatic heterocycles. The molecule has 110 valence electrons. The lowest BCUT2D eigenvalue weighted by Crippen LogP contribution is -2.22. The van der Waals surface area contributed by atoms with E-state index in [2.05, 4.69) is 4.84 Å². The summed E-state index contributed by atoms with van der Waals surface area (Å²) in [5.74, 6) is -0.759. The van der Waals surface area contributed by atoms with Crippen molar-refractivity contribution in [3.8, 4) is 0 Å². The van der Waals surface area contributed by atoms with E-state index in [0.29, 0.717) is 0 Å². The van der Waals surface area contributed by atoms with Gasteiger partial charge in [-0.05, 0) is 31.2 Å². The van der Waals surface area contributed by atoms with Gasteiger partial charge in [0, 0.05) is 0 Å². The number of primary sulfonamides is 1. The molecule has 20 heavy (non-hydrogen) atoms.